The second kappa shape index (κ2) is 6.88. The van der Waals surface area contributed by atoms with E-state index in [1.54, 1.807) is 0 Å². The minimum absolute atomic E-state index is 0.368. The molecule has 0 unspecified atom stereocenters. The van der Waals surface area contributed by atoms with E-state index >= 15 is 0 Å². The lowest BCUT2D eigenvalue weighted by Crippen LogP contribution is -2.54. The second-order valence-electron chi connectivity index (χ2n) is 6.20. The van der Waals surface area contributed by atoms with Crippen molar-refractivity contribution >= 4 is 0 Å². The van der Waals surface area contributed by atoms with Crippen molar-refractivity contribution < 1.29 is 4.74 Å². The van der Waals surface area contributed by atoms with Crippen molar-refractivity contribution in [1.82, 2.24) is 9.80 Å². The van der Waals surface area contributed by atoms with Gasteiger partial charge in [0.15, 0.2) is 0 Å². The van der Waals surface area contributed by atoms with Gasteiger partial charge in [0, 0.05) is 38.8 Å². The lowest BCUT2D eigenvalue weighted by Gasteiger charge is -2.46. The molecule has 0 radical (unpaired) electrons. The molecule has 0 bridgehead atoms. The van der Waals surface area contributed by atoms with Crippen molar-refractivity contribution in [2.24, 2.45) is 5.92 Å². The molecule has 1 saturated carbocycles. The van der Waals surface area contributed by atoms with Gasteiger partial charge in [-0.2, -0.15) is 0 Å². The van der Waals surface area contributed by atoms with Crippen LogP contribution in [0.15, 0.2) is 0 Å². The maximum atomic E-state index is 5.62. The number of ether oxygens (including phenoxy) is 1. The van der Waals surface area contributed by atoms with E-state index in [9.17, 15) is 0 Å². The molecule has 0 amide bonds. The summed E-state index contributed by atoms with van der Waals surface area (Å²) in [4.78, 5) is 5.26. The quantitative estimate of drug-likeness (QED) is 0.723. The molecule has 2 fully saturated rings. The zero-order valence-electron chi connectivity index (χ0n) is 12.4. The summed E-state index contributed by atoms with van der Waals surface area (Å²) in [5, 5.41) is 0. The molecule has 0 spiro atoms. The topological polar surface area (TPSA) is 15.7 Å². The standard InChI is InChI=1S/C15H30N2O/c1-4-14-11-15(12-14)17-7-5-16(6-8-17)9-10-18-13(2)3/h13-15H,4-12H2,1-3H3. The third-order valence-electron chi connectivity index (χ3n) is 4.57. The fourth-order valence-corrected chi connectivity index (χ4v) is 3.10. The molecule has 0 atom stereocenters. The average molecular weight is 254 g/mol. The first-order valence-electron chi connectivity index (χ1n) is 7.77. The van der Waals surface area contributed by atoms with Gasteiger partial charge in [-0.3, -0.25) is 9.80 Å². The van der Waals surface area contributed by atoms with Crippen LogP contribution in [0.4, 0.5) is 0 Å². The van der Waals surface area contributed by atoms with Gasteiger partial charge in [0.1, 0.15) is 0 Å². The Bertz CT molecular complexity index is 231. The van der Waals surface area contributed by atoms with Crippen LogP contribution in [0.2, 0.25) is 0 Å². The molecule has 3 nitrogen and oxygen atoms in total. The van der Waals surface area contributed by atoms with Gasteiger partial charge < -0.3 is 4.74 Å². The molecule has 18 heavy (non-hydrogen) atoms. The second-order valence-corrected chi connectivity index (χ2v) is 6.20. The summed E-state index contributed by atoms with van der Waals surface area (Å²) in [6, 6.07) is 0.906. The molecule has 3 heteroatoms. The highest BCUT2D eigenvalue weighted by Gasteiger charge is 2.33. The van der Waals surface area contributed by atoms with Crippen molar-refractivity contribution in [2.45, 2.75) is 52.2 Å². The summed E-state index contributed by atoms with van der Waals surface area (Å²) in [5.41, 5.74) is 0. The summed E-state index contributed by atoms with van der Waals surface area (Å²) in [7, 11) is 0. The molecular weight excluding hydrogens is 224 g/mol. The monoisotopic (exact) mass is 254 g/mol. The molecule has 106 valence electrons. The predicted octanol–water partition coefficient (Wildman–Crippen LogP) is 2.22. The van der Waals surface area contributed by atoms with Gasteiger partial charge in [0.2, 0.25) is 0 Å². The Morgan fingerprint density at radius 3 is 2.33 bits per heavy atom. The van der Waals surface area contributed by atoms with Crippen LogP contribution in [-0.2, 0) is 4.74 Å². The Balaban J connectivity index is 1.57. The van der Waals surface area contributed by atoms with Crippen LogP contribution >= 0.6 is 0 Å². The molecule has 0 aromatic heterocycles. The molecule has 0 aromatic rings. The van der Waals surface area contributed by atoms with Crippen molar-refractivity contribution in [3.8, 4) is 0 Å². The number of hydrogen-bond acceptors (Lipinski definition) is 3. The Morgan fingerprint density at radius 2 is 1.78 bits per heavy atom. The van der Waals surface area contributed by atoms with E-state index in [1.807, 2.05) is 0 Å². The van der Waals surface area contributed by atoms with Gasteiger partial charge in [-0.05, 0) is 32.6 Å². The highest BCUT2D eigenvalue weighted by Crippen LogP contribution is 2.34. The Hall–Kier alpha value is -0.120. The SMILES string of the molecule is CCC1CC(N2CCN(CCOC(C)C)CC2)C1. The van der Waals surface area contributed by atoms with E-state index in [1.165, 1.54) is 45.4 Å². The molecule has 0 N–H and O–H groups in total. The van der Waals surface area contributed by atoms with Crippen molar-refractivity contribution in [3.05, 3.63) is 0 Å². The minimum atomic E-state index is 0.368. The van der Waals surface area contributed by atoms with Crippen LogP contribution in [0.5, 0.6) is 0 Å². The lowest BCUT2D eigenvalue weighted by atomic mass is 9.77. The van der Waals surface area contributed by atoms with Crippen LogP contribution in [0.25, 0.3) is 0 Å². The van der Waals surface area contributed by atoms with E-state index in [2.05, 4.69) is 30.6 Å². The molecule has 0 aromatic carbocycles. The Kier molecular flexibility index (Phi) is 5.46. The minimum Gasteiger partial charge on any atom is -0.377 e. The van der Waals surface area contributed by atoms with Crippen molar-refractivity contribution in [2.75, 3.05) is 39.3 Å². The maximum absolute atomic E-state index is 5.62. The number of hydrogen-bond donors (Lipinski definition) is 0. The van der Waals surface area contributed by atoms with E-state index in [-0.39, 0.29) is 0 Å². The highest BCUT2D eigenvalue weighted by molar-refractivity contribution is 4.88. The zero-order chi connectivity index (χ0) is 13.0. The van der Waals surface area contributed by atoms with Crippen LogP contribution in [0.3, 0.4) is 0 Å². The van der Waals surface area contributed by atoms with Crippen molar-refractivity contribution in [3.63, 3.8) is 0 Å². The Morgan fingerprint density at radius 1 is 1.11 bits per heavy atom. The summed E-state index contributed by atoms with van der Waals surface area (Å²) < 4.78 is 5.62. The predicted molar refractivity (Wildman–Crippen MR) is 75.9 cm³/mol. The molecule has 1 aliphatic heterocycles. The largest absolute Gasteiger partial charge is 0.377 e. The summed E-state index contributed by atoms with van der Waals surface area (Å²) in [6.07, 6.45) is 4.65. The van der Waals surface area contributed by atoms with Gasteiger partial charge in [0.25, 0.3) is 0 Å². The fourth-order valence-electron chi connectivity index (χ4n) is 3.10. The molecular formula is C15H30N2O. The molecule has 2 rings (SSSR count). The molecule has 2 aliphatic rings. The Labute approximate surface area is 112 Å². The van der Waals surface area contributed by atoms with Gasteiger partial charge in [-0.1, -0.05) is 13.3 Å². The van der Waals surface area contributed by atoms with Gasteiger partial charge in [0.05, 0.1) is 12.7 Å². The zero-order valence-corrected chi connectivity index (χ0v) is 12.4. The smallest absolute Gasteiger partial charge is 0.0596 e. The van der Waals surface area contributed by atoms with E-state index < -0.39 is 0 Å². The molecule has 1 saturated heterocycles. The number of nitrogens with zero attached hydrogens (tertiary/aromatic N) is 2. The molecule has 1 aliphatic carbocycles. The number of piperazine rings is 1. The van der Waals surface area contributed by atoms with Crippen LogP contribution < -0.4 is 0 Å². The first kappa shape index (κ1) is 14.3. The van der Waals surface area contributed by atoms with E-state index in [4.69, 9.17) is 4.74 Å². The van der Waals surface area contributed by atoms with Crippen LogP contribution in [-0.4, -0.2) is 61.3 Å². The normalized spacial score (nSPS) is 30.7. The summed E-state index contributed by atoms with van der Waals surface area (Å²) in [5.74, 6) is 1.02. The first-order valence-corrected chi connectivity index (χ1v) is 7.77. The third-order valence-corrected chi connectivity index (χ3v) is 4.57. The van der Waals surface area contributed by atoms with Crippen LogP contribution in [0, 0.1) is 5.92 Å². The fraction of sp³-hybridized carbons (Fsp3) is 1.00. The number of rotatable bonds is 6. The lowest BCUT2D eigenvalue weighted by molar-refractivity contribution is 0.0131. The maximum Gasteiger partial charge on any atom is 0.0596 e. The van der Waals surface area contributed by atoms with Crippen molar-refractivity contribution in [1.29, 1.82) is 0 Å². The average Bonchev–Trinajstić information content (AvgIpc) is 2.29. The molecule has 1 heterocycles. The van der Waals surface area contributed by atoms with E-state index in [0.29, 0.717) is 6.10 Å². The highest BCUT2D eigenvalue weighted by atomic mass is 16.5. The van der Waals surface area contributed by atoms with Crippen LogP contribution in [0.1, 0.15) is 40.0 Å². The van der Waals surface area contributed by atoms with Gasteiger partial charge >= 0.3 is 0 Å². The van der Waals surface area contributed by atoms with Gasteiger partial charge in [-0.15, -0.1) is 0 Å². The third kappa shape index (κ3) is 3.94. The summed E-state index contributed by atoms with van der Waals surface area (Å²) in [6.45, 7) is 13.5. The first-order chi connectivity index (χ1) is 8.69. The van der Waals surface area contributed by atoms with E-state index in [0.717, 1.165) is 25.1 Å². The summed E-state index contributed by atoms with van der Waals surface area (Å²) >= 11 is 0. The van der Waals surface area contributed by atoms with Gasteiger partial charge in [-0.25, -0.2) is 0 Å².